The van der Waals surface area contributed by atoms with Crippen LogP contribution in [0.2, 0.25) is 0 Å². The van der Waals surface area contributed by atoms with Gasteiger partial charge in [0, 0.05) is 29.9 Å². The highest BCUT2D eigenvalue weighted by atomic mass is 19.1. The highest BCUT2D eigenvalue weighted by molar-refractivity contribution is 5.56. The molecule has 0 amide bonds. The van der Waals surface area contributed by atoms with Crippen LogP contribution in [0.25, 0.3) is 0 Å². The first-order valence-electron chi connectivity index (χ1n) is 7.59. The van der Waals surface area contributed by atoms with Crippen LogP contribution in [-0.4, -0.2) is 43.6 Å². The highest BCUT2D eigenvalue weighted by Crippen LogP contribution is 2.31. The van der Waals surface area contributed by atoms with Gasteiger partial charge in [0.2, 0.25) is 0 Å². The van der Waals surface area contributed by atoms with Gasteiger partial charge < -0.3 is 20.1 Å². The van der Waals surface area contributed by atoms with E-state index in [1.54, 1.807) is 6.07 Å². The molecule has 2 N–H and O–H groups in total. The molecule has 1 aromatic rings. The summed E-state index contributed by atoms with van der Waals surface area (Å²) in [5.74, 6) is -0.194. The van der Waals surface area contributed by atoms with E-state index in [0.29, 0.717) is 18.7 Å². The van der Waals surface area contributed by atoms with E-state index < -0.39 is 0 Å². The van der Waals surface area contributed by atoms with E-state index in [9.17, 15) is 9.50 Å². The molecule has 118 valence electrons. The van der Waals surface area contributed by atoms with Gasteiger partial charge in [-0.05, 0) is 32.5 Å². The van der Waals surface area contributed by atoms with Gasteiger partial charge in [0.05, 0.1) is 19.3 Å². The van der Waals surface area contributed by atoms with Gasteiger partial charge in [-0.3, -0.25) is 0 Å². The molecule has 0 bridgehead atoms. The Labute approximate surface area is 125 Å². The number of aliphatic hydroxyl groups is 1. The van der Waals surface area contributed by atoms with Crippen LogP contribution in [0, 0.1) is 5.82 Å². The van der Waals surface area contributed by atoms with Gasteiger partial charge in [0.1, 0.15) is 5.82 Å². The number of morpholine rings is 1. The third kappa shape index (κ3) is 3.54. The topological polar surface area (TPSA) is 44.7 Å². The molecular formula is C16H25FN2O2. The van der Waals surface area contributed by atoms with Gasteiger partial charge in [0.15, 0.2) is 0 Å². The number of halogens is 1. The van der Waals surface area contributed by atoms with Crippen molar-refractivity contribution in [3.8, 4) is 0 Å². The van der Waals surface area contributed by atoms with E-state index in [2.05, 4.69) is 17.1 Å². The molecule has 4 nitrogen and oxygen atoms in total. The van der Waals surface area contributed by atoms with Crippen molar-refractivity contribution in [1.29, 1.82) is 0 Å². The smallest absolute Gasteiger partial charge is 0.130 e. The zero-order valence-corrected chi connectivity index (χ0v) is 13.0. The number of benzene rings is 1. The second-order valence-corrected chi connectivity index (χ2v) is 5.59. The lowest BCUT2D eigenvalue weighted by Gasteiger charge is -2.40. The molecule has 1 fully saturated rings. The Kier molecular flexibility index (Phi) is 5.56. The van der Waals surface area contributed by atoms with Crippen LogP contribution >= 0.6 is 0 Å². The van der Waals surface area contributed by atoms with E-state index in [1.807, 2.05) is 19.9 Å². The van der Waals surface area contributed by atoms with E-state index in [4.69, 9.17) is 4.74 Å². The molecule has 5 heteroatoms. The third-order valence-corrected chi connectivity index (χ3v) is 3.99. The quantitative estimate of drug-likeness (QED) is 0.873. The lowest BCUT2D eigenvalue weighted by Crippen LogP contribution is -2.50. The van der Waals surface area contributed by atoms with Crippen LogP contribution in [0.3, 0.4) is 0 Å². The van der Waals surface area contributed by atoms with E-state index in [-0.39, 0.29) is 30.6 Å². The fourth-order valence-corrected chi connectivity index (χ4v) is 2.88. The fourth-order valence-electron chi connectivity index (χ4n) is 2.88. The number of rotatable bonds is 5. The van der Waals surface area contributed by atoms with Gasteiger partial charge >= 0.3 is 0 Å². The van der Waals surface area contributed by atoms with Crippen molar-refractivity contribution < 1.29 is 14.2 Å². The molecule has 0 spiro atoms. The maximum Gasteiger partial charge on any atom is 0.130 e. The molecule has 3 atom stereocenters. The summed E-state index contributed by atoms with van der Waals surface area (Å²) in [4.78, 5) is 2.14. The fraction of sp³-hybridized carbons (Fsp3) is 0.625. The first-order chi connectivity index (χ1) is 10.1. The van der Waals surface area contributed by atoms with Crippen molar-refractivity contribution in [2.45, 2.75) is 39.0 Å². The van der Waals surface area contributed by atoms with Crippen LogP contribution in [-0.2, 0) is 4.74 Å². The van der Waals surface area contributed by atoms with E-state index in [0.717, 1.165) is 12.2 Å². The molecule has 1 aliphatic heterocycles. The standard InChI is InChI=1S/C16H25FN2O2/c1-4-18-12(3)16-14(17)6-5-7-15(16)19-8-13(9-20)21-10-11(19)2/h5-7,11-13,18,20H,4,8-10H2,1-3H3. The molecule has 1 heterocycles. The number of nitrogens with zero attached hydrogens (tertiary/aromatic N) is 1. The first-order valence-corrected chi connectivity index (χ1v) is 7.59. The summed E-state index contributed by atoms with van der Waals surface area (Å²) in [7, 11) is 0. The van der Waals surface area contributed by atoms with Crippen molar-refractivity contribution in [3.05, 3.63) is 29.6 Å². The van der Waals surface area contributed by atoms with Crippen molar-refractivity contribution >= 4 is 5.69 Å². The Hall–Kier alpha value is -1.17. The van der Waals surface area contributed by atoms with Gasteiger partial charge in [-0.15, -0.1) is 0 Å². The molecular weight excluding hydrogens is 271 g/mol. The highest BCUT2D eigenvalue weighted by Gasteiger charge is 2.29. The Bertz CT molecular complexity index is 470. The number of nitrogens with one attached hydrogen (secondary N) is 1. The number of ether oxygens (including phenoxy) is 1. The maximum atomic E-state index is 14.3. The second-order valence-electron chi connectivity index (χ2n) is 5.59. The SMILES string of the molecule is CCNC(C)c1c(F)cccc1N1CC(CO)OCC1C. The summed E-state index contributed by atoms with van der Waals surface area (Å²) < 4.78 is 19.9. The summed E-state index contributed by atoms with van der Waals surface area (Å²) in [5, 5.41) is 12.6. The summed E-state index contributed by atoms with van der Waals surface area (Å²) in [6.45, 7) is 7.92. The molecule has 2 rings (SSSR count). The van der Waals surface area contributed by atoms with Gasteiger partial charge in [0.25, 0.3) is 0 Å². The monoisotopic (exact) mass is 296 g/mol. The lowest BCUT2D eigenvalue weighted by molar-refractivity contribution is -0.0104. The van der Waals surface area contributed by atoms with Gasteiger partial charge in [-0.2, -0.15) is 0 Å². The van der Waals surface area contributed by atoms with Crippen LogP contribution in [0.4, 0.5) is 10.1 Å². The van der Waals surface area contributed by atoms with Crippen molar-refractivity contribution in [1.82, 2.24) is 5.32 Å². The lowest BCUT2D eigenvalue weighted by atomic mass is 10.0. The van der Waals surface area contributed by atoms with Gasteiger partial charge in [-0.25, -0.2) is 4.39 Å². The Morgan fingerprint density at radius 1 is 1.52 bits per heavy atom. The molecule has 0 aromatic heterocycles. The van der Waals surface area contributed by atoms with Crippen LogP contribution in [0.15, 0.2) is 18.2 Å². The van der Waals surface area contributed by atoms with Gasteiger partial charge in [-0.1, -0.05) is 13.0 Å². The number of aliphatic hydroxyl groups excluding tert-OH is 1. The zero-order chi connectivity index (χ0) is 15.4. The number of hydrogen-bond donors (Lipinski definition) is 2. The number of hydrogen-bond acceptors (Lipinski definition) is 4. The summed E-state index contributed by atoms with van der Waals surface area (Å²) in [6.07, 6.45) is -0.216. The summed E-state index contributed by atoms with van der Waals surface area (Å²) in [5.41, 5.74) is 1.57. The third-order valence-electron chi connectivity index (χ3n) is 3.99. The molecule has 0 aliphatic carbocycles. The Morgan fingerprint density at radius 2 is 2.29 bits per heavy atom. The largest absolute Gasteiger partial charge is 0.394 e. The molecule has 1 aliphatic rings. The predicted molar refractivity (Wildman–Crippen MR) is 82.1 cm³/mol. The molecule has 1 aromatic carbocycles. The average molecular weight is 296 g/mol. The minimum Gasteiger partial charge on any atom is -0.394 e. The van der Waals surface area contributed by atoms with Crippen molar-refractivity contribution in [3.63, 3.8) is 0 Å². The molecule has 0 saturated carbocycles. The predicted octanol–water partition coefficient (Wildman–Crippen LogP) is 2.08. The summed E-state index contributed by atoms with van der Waals surface area (Å²) in [6, 6.07) is 5.28. The minimum atomic E-state index is -0.216. The van der Waals surface area contributed by atoms with Crippen LogP contribution in [0.1, 0.15) is 32.4 Å². The summed E-state index contributed by atoms with van der Waals surface area (Å²) >= 11 is 0. The normalized spacial score (nSPS) is 24.1. The Balaban J connectivity index is 2.35. The van der Waals surface area contributed by atoms with Crippen molar-refractivity contribution in [2.75, 3.05) is 31.2 Å². The number of anilines is 1. The van der Waals surface area contributed by atoms with Crippen LogP contribution < -0.4 is 10.2 Å². The zero-order valence-electron chi connectivity index (χ0n) is 13.0. The molecule has 0 radical (unpaired) electrons. The van der Waals surface area contributed by atoms with E-state index in [1.165, 1.54) is 6.07 Å². The average Bonchev–Trinajstić information content (AvgIpc) is 2.47. The van der Waals surface area contributed by atoms with Crippen molar-refractivity contribution in [2.24, 2.45) is 0 Å². The molecule has 21 heavy (non-hydrogen) atoms. The van der Waals surface area contributed by atoms with Crippen LogP contribution in [0.5, 0.6) is 0 Å². The second kappa shape index (κ2) is 7.20. The minimum absolute atomic E-state index is 0.0172. The van der Waals surface area contributed by atoms with E-state index >= 15 is 0 Å². The Morgan fingerprint density at radius 3 is 2.95 bits per heavy atom. The first kappa shape index (κ1) is 16.2. The maximum absolute atomic E-state index is 14.3. The molecule has 3 unspecified atom stereocenters. The molecule has 1 saturated heterocycles.